The molecule has 0 spiro atoms. The lowest BCUT2D eigenvalue weighted by Gasteiger charge is -2.26. The Morgan fingerprint density at radius 2 is 1.90 bits per heavy atom. The fourth-order valence-electron chi connectivity index (χ4n) is 1.51. The first kappa shape index (κ1) is 16.1. The van der Waals surface area contributed by atoms with Crippen molar-refractivity contribution in [1.82, 2.24) is 5.32 Å². The summed E-state index contributed by atoms with van der Waals surface area (Å²) in [5.74, 6) is -0.120. The van der Waals surface area contributed by atoms with Gasteiger partial charge in [0.25, 0.3) is 5.69 Å². The van der Waals surface area contributed by atoms with Crippen molar-refractivity contribution in [3.63, 3.8) is 0 Å². The molecule has 20 heavy (non-hydrogen) atoms. The number of carbonyl (C=O) groups excluding carboxylic acids is 1. The van der Waals surface area contributed by atoms with E-state index in [0.29, 0.717) is 6.54 Å². The number of hydrogen-bond donors (Lipinski definition) is 2. The van der Waals surface area contributed by atoms with Gasteiger partial charge in [-0.15, -0.1) is 0 Å². The SMILES string of the molecule is CC(C)(C)C(N)CC(=O)NCc1ccc([N+](=O)[O-])cc1. The molecular weight excluding hydrogens is 258 g/mol. The van der Waals surface area contributed by atoms with Gasteiger partial charge in [0.1, 0.15) is 0 Å². The molecule has 1 aromatic carbocycles. The Hall–Kier alpha value is -1.95. The van der Waals surface area contributed by atoms with Crippen LogP contribution in [-0.4, -0.2) is 16.9 Å². The number of nitrogens with two attached hydrogens (primary N) is 1. The summed E-state index contributed by atoms with van der Waals surface area (Å²) in [7, 11) is 0. The van der Waals surface area contributed by atoms with Gasteiger partial charge in [-0.2, -0.15) is 0 Å². The van der Waals surface area contributed by atoms with Crippen LogP contribution in [0.2, 0.25) is 0 Å². The largest absolute Gasteiger partial charge is 0.352 e. The maximum Gasteiger partial charge on any atom is 0.269 e. The molecule has 0 bridgehead atoms. The van der Waals surface area contributed by atoms with Crippen molar-refractivity contribution in [3.8, 4) is 0 Å². The standard InChI is InChI=1S/C14H21N3O3/c1-14(2,3)12(15)8-13(18)16-9-10-4-6-11(7-5-10)17(19)20/h4-7,12H,8-9,15H2,1-3H3,(H,16,18). The predicted octanol–water partition coefficient (Wildman–Crippen LogP) is 1.97. The highest BCUT2D eigenvalue weighted by molar-refractivity contribution is 5.76. The molecule has 6 heteroatoms. The van der Waals surface area contributed by atoms with Crippen LogP contribution in [0.5, 0.6) is 0 Å². The molecule has 1 aromatic rings. The van der Waals surface area contributed by atoms with Gasteiger partial charge >= 0.3 is 0 Å². The van der Waals surface area contributed by atoms with Gasteiger partial charge in [-0.1, -0.05) is 32.9 Å². The van der Waals surface area contributed by atoms with E-state index in [-0.39, 0.29) is 29.5 Å². The number of nitrogens with one attached hydrogen (secondary N) is 1. The number of nitro benzene ring substituents is 1. The first-order chi connectivity index (χ1) is 9.20. The highest BCUT2D eigenvalue weighted by atomic mass is 16.6. The number of nitro groups is 1. The zero-order valence-electron chi connectivity index (χ0n) is 12.1. The van der Waals surface area contributed by atoms with E-state index in [2.05, 4.69) is 5.32 Å². The smallest absolute Gasteiger partial charge is 0.269 e. The van der Waals surface area contributed by atoms with E-state index in [9.17, 15) is 14.9 Å². The number of non-ortho nitro benzene ring substituents is 1. The molecule has 0 saturated heterocycles. The van der Waals surface area contributed by atoms with Crippen LogP contribution in [0.3, 0.4) is 0 Å². The summed E-state index contributed by atoms with van der Waals surface area (Å²) in [4.78, 5) is 21.8. The third-order valence-electron chi connectivity index (χ3n) is 3.15. The average molecular weight is 279 g/mol. The topological polar surface area (TPSA) is 98.3 Å². The van der Waals surface area contributed by atoms with Crippen molar-refractivity contribution in [2.45, 2.75) is 39.8 Å². The second-order valence-electron chi connectivity index (χ2n) is 5.88. The molecule has 0 fully saturated rings. The molecule has 1 rings (SSSR count). The molecule has 0 aliphatic carbocycles. The van der Waals surface area contributed by atoms with Crippen LogP contribution in [0.25, 0.3) is 0 Å². The Kier molecular flexibility index (Phi) is 5.21. The van der Waals surface area contributed by atoms with Gasteiger partial charge in [0.05, 0.1) is 4.92 Å². The third-order valence-corrected chi connectivity index (χ3v) is 3.15. The van der Waals surface area contributed by atoms with Gasteiger partial charge in [0.15, 0.2) is 0 Å². The number of amides is 1. The maximum atomic E-state index is 11.7. The molecule has 0 aliphatic rings. The van der Waals surface area contributed by atoms with Crippen LogP contribution in [0.15, 0.2) is 24.3 Å². The van der Waals surface area contributed by atoms with Crippen molar-refractivity contribution in [1.29, 1.82) is 0 Å². The van der Waals surface area contributed by atoms with Crippen molar-refractivity contribution in [3.05, 3.63) is 39.9 Å². The number of nitrogens with zero attached hydrogens (tertiary/aromatic N) is 1. The van der Waals surface area contributed by atoms with E-state index in [1.54, 1.807) is 12.1 Å². The monoisotopic (exact) mass is 279 g/mol. The number of benzene rings is 1. The zero-order valence-corrected chi connectivity index (χ0v) is 12.1. The summed E-state index contributed by atoms with van der Waals surface area (Å²) in [5, 5.41) is 13.3. The first-order valence-corrected chi connectivity index (χ1v) is 6.46. The average Bonchev–Trinajstić information content (AvgIpc) is 2.35. The van der Waals surface area contributed by atoms with E-state index in [0.717, 1.165) is 5.56 Å². The quantitative estimate of drug-likeness (QED) is 0.636. The third kappa shape index (κ3) is 4.97. The summed E-state index contributed by atoms with van der Waals surface area (Å²) >= 11 is 0. The molecule has 110 valence electrons. The van der Waals surface area contributed by atoms with E-state index in [4.69, 9.17) is 5.73 Å². The highest BCUT2D eigenvalue weighted by Gasteiger charge is 2.22. The van der Waals surface area contributed by atoms with E-state index < -0.39 is 4.92 Å². The molecule has 0 aliphatic heterocycles. The van der Waals surface area contributed by atoms with Crippen LogP contribution in [-0.2, 0) is 11.3 Å². The van der Waals surface area contributed by atoms with Gasteiger partial charge in [0.2, 0.25) is 5.91 Å². The summed E-state index contributed by atoms with van der Waals surface area (Å²) in [5.41, 5.74) is 6.67. The molecule has 1 unspecified atom stereocenters. The predicted molar refractivity (Wildman–Crippen MR) is 77.0 cm³/mol. The Balaban J connectivity index is 2.47. The number of hydrogen-bond acceptors (Lipinski definition) is 4. The molecule has 3 N–H and O–H groups in total. The van der Waals surface area contributed by atoms with Crippen LogP contribution >= 0.6 is 0 Å². The lowest BCUT2D eigenvalue weighted by molar-refractivity contribution is -0.384. The molecule has 0 heterocycles. The number of carbonyl (C=O) groups is 1. The van der Waals surface area contributed by atoms with Crippen molar-refractivity contribution < 1.29 is 9.72 Å². The van der Waals surface area contributed by atoms with E-state index in [1.807, 2.05) is 20.8 Å². The fourth-order valence-corrected chi connectivity index (χ4v) is 1.51. The Bertz CT molecular complexity index is 477. The minimum atomic E-state index is -0.454. The van der Waals surface area contributed by atoms with Gasteiger partial charge in [-0.3, -0.25) is 14.9 Å². The summed E-state index contributed by atoms with van der Waals surface area (Å²) < 4.78 is 0. The van der Waals surface area contributed by atoms with Crippen LogP contribution in [0.1, 0.15) is 32.8 Å². The molecular formula is C14H21N3O3. The molecule has 0 aromatic heterocycles. The Morgan fingerprint density at radius 3 is 2.35 bits per heavy atom. The first-order valence-electron chi connectivity index (χ1n) is 6.46. The summed E-state index contributed by atoms with van der Waals surface area (Å²) in [6, 6.07) is 5.88. The number of rotatable bonds is 5. The minimum absolute atomic E-state index is 0.0369. The lowest BCUT2D eigenvalue weighted by Crippen LogP contribution is -2.40. The van der Waals surface area contributed by atoms with Crippen LogP contribution in [0, 0.1) is 15.5 Å². The van der Waals surface area contributed by atoms with Crippen molar-refractivity contribution in [2.75, 3.05) is 0 Å². The van der Waals surface area contributed by atoms with Crippen LogP contribution in [0.4, 0.5) is 5.69 Å². The molecule has 0 saturated carbocycles. The van der Waals surface area contributed by atoms with Gasteiger partial charge in [-0.05, 0) is 11.0 Å². The highest BCUT2D eigenvalue weighted by Crippen LogP contribution is 2.19. The summed E-state index contributed by atoms with van der Waals surface area (Å²) in [6.45, 7) is 6.30. The second-order valence-corrected chi connectivity index (χ2v) is 5.88. The van der Waals surface area contributed by atoms with Crippen molar-refractivity contribution in [2.24, 2.45) is 11.1 Å². The molecule has 0 radical (unpaired) electrons. The summed E-state index contributed by atoms with van der Waals surface area (Å²) in [6.07, 6.45) is 0.260. The minimum Gasteiger partial charge on any atom is -0.352 e. The maximum absolute atomic E-state index is 11.7. The Labute approximate surface area is 118 Å². The Morgan fingerprint density at radius 1 is 1.35 bits per heavy atom. The normalized spacial score (nSPS) is 12.8. The second kappa shape index (κ2) is 6.47. The molecule has 1 atom stereocenters. The van der Waals surface area contributed by atoms with Gasteiger partial charge < -0.3 is 11.1 Å². The lowest BCUT2D eigenvalue weighted by atomic mass is 9.85. The van der Waals surface area contributed by atoms with Gasteiger partial charge in [-0.25, -0.2) is 0 Å². The molecule has 6 nitrogen and oxygen atoms in total. The van der Waals surface area contributed by atoms with Crippen molar-refractivity contribution >= 4 is 11.6 Å². The van der Waals surface area contributed by atoms with Gasteiger partial charge in [0, 0.05) is 31.1 Å². The van der Waals surface area contributed by atoms with E-state index >= 15 is 0 Å². The zero-order chi connectivity index (χ0) is 15.3. The fraction of sp³-hybridized carbons (Fsp3) is 0.500. The van der Waals surface area contributed by atoms with Crippen LogP contribution < -0.4 is 11.1 Å². The van der Waals surface area contributed by atoms with E-state index in [1.165, 1.54) is 12.1 Å². The molecule has 1 amide bonds.